The largest absolute Gasteiger partial charge is 0.234 e. The van der Waals surface area contributed by atoms with Crippen molar-refractivity contribution in [3.8, 4) is 0 Å². The summed E-state index contributed by atoms with van der Waals surface area (Å²) >= 11 is 0. The Balaban J connectivity index is 2.28. The molecule has 0 aliphatic rings. The van der Waals surface area contributed by atoms with Crippen molar-refractivity contribution < 1.29 is 9.56 Å². The van der Waals surface area contributed by atoms with Gasteiger partial charge in [-0.1, -0.05) is 30.3 Å². The first-order chi connectivity index (χ1) is 5.43. The summed E-state index contributed by atoms with van der Waals surface area (Å²) in [5.41, 5.74) is 0. The lowest BCUT2D eigenvalue weighted by Gasteiger charge is -1.99. The Kier molecular flexibility index (Phi) is 4.14. The molecule has 0 saturated carbocycles. The van der Waals surface area contributed by atoms with E-state index in [9.17, 15) is 0 Å². The molecule has 0 aliphatic carbocycles. The van der Waals surface area contributed by atoms with Crippen molar-refractivity contribution in [2.75, 3.05) is 6.61 Å². The van der Waals surface area contributed by atoms with Crippen LogP contribution < -0.4 is 5.30 Å². The van der Waals surface area contributed by atoms with E-state index in [-0.39, 0.29) is 8.81 Å². The molecule has 2 nitrogen and oxygen atoms in total. The third-order valence-corrected chi connectivity index (χ3v) is 1.88. The maximum absolute atomic E-state index is 4.90. The smallest absolute Gasteiger partial charge is 0.0879 e. The van der Waals surface area contributed by atoms with Gasteiger partial charge >= 0.3 is 0 Å². The number of hydrogen-bond acceptors (Lipinski definition) is 2. The minimum Gasteiger partial charge on any atom is -0.234 e. The molecule has 11 heavy (non-hydrogen) atoms. The minimum atomic E-state index is 0.289. The molecule has 1 aromatic rings. The molecular formula is C8H11O2P. The van der Waals surface area contributed by atoms with E-state index in [1.165, 1.54) is 0 Å². The first-order valence-corrected chi connectivity index (χ1v) is 4.44. The highest BCUT2D eigenvalue weighted by Gasteiger charge is 1.89. The molecule has 0 bridgehead atoms. The van der Waals surface area contributed by atoms with Gasteiger partial charge in [0.1, 0.15) is 0 Å². The summed E-state index contributed by atoms with van der Waals surface area (Å²) in [6.45, 7) is 2.50. The van der Waals surface area contributed by atoms with E-state index in [1.807, 2.05) is 37.3 Å². The molecule has 3 heteroatoms. The highest BCUT2D eigenvalue weighted by molar-refractivity contribution is 7.41. The third-order valence-electron chi connectivity index (χ3n) is 1.11. The normalized spacial score (nSPS) is 11.0. The van der Waals surface area contributed by atoms with Crippen LogP contribution in [0.2, 0.25) is 0 Å². The zero-order chi connectivity index (χ0) is 7.94. The molecule has 1 rings (SSSR count). The van der Waals surface area contributed by atoms with Gasteiger partial charge in [-0.2, -0.15) is 0 Å². The summed E-state index contributed by atoms with van der Waals surface area (Å²) < 4.78 is 4.90. The van der Waals surface area contributed by atoms with Crippen molar-refractivity contribution in [1.82, 2.24) is 0 Å². The van der Waals surface area contributed by atoms with Crippen LogP contribution >= 0.6 is 8.81 Å². The molecule has 0 N–H and O–H groups in total. The van der Waals surface area contributed by atoms with Gasteiger partial charge in [-0.25, -0.2) is 9.56 Å². The van der Waals surface area contributed by atoms with Gasteiger partial charge in [0.05, 0.1) is 15.4 Å². The fraction of sp³-hybridized carbons (Fsp3) is 0.250. The summed E-state index contributed by atoms with van der Waals surface area (Å²) in [4.78, 5) is 4.75. The van der Waals surface area contributed by atoms with Crippen LogP contribution in [0.4, 0.5) is 0 Å². The number of rotatable bonds is 4. The Labute approximate surface area is 68.3 Å². The van der Waals surface area contributed by atoms with E-state index < -0.39 is 0 Å². The SMILES string of the molecule is CCOOPc1ccccc1. The van der Waals surface area contributed by atoms with Gasteiger partial charge in [-0.05, 0) is 6.92 Å². The molecule has 1 aromatic carbocycles. The molecule has 0 aliphatic heterocycles. The van der Waals surface area contributed by atoms with Crippen LogP contribution in [0.3, 0.4) is 0 Å². The number of hydrogen-bond donors (Lipinski definition) is 0. The summed E-state index contributed by atoms with van der Waals surface area (Å²) in [5, 5.41) is 1.15. The maximum atomic E-state index is 4.90. The summed E-state index contributed by atoms with van der Waals surface area (Å²) in [6.07, 6.45) is 0. The van der Waals surface area contributed by atoms with Gasteiger partial charge in [0.15, 0.2) is 0 Å². The quantitative estimate of drug-likeness (QED) is 0.297. The average molecular weight is 170 g/mol. The van der Waals surface area contributed by atoms with E-state index in [2.05, 4.69) is 0 Å². The molecule has 0 amide bonds. The summed E-state index contributed by atoms with van der Waals surface area (Å²) in [7, 11) is 0.289. The average Bonchev–Trinajstić information content (AvgIpc) is 2.07. The van der Waals surface area contributed by atoms with Crippen LogP contribution in [0.5, 0.6) is 0 Å². The van der Waals surface area contributed by atoms with Crippen LogP contribution in [-0.4, -0.2) is 6.61 Å². The fourth-order valence-electron chi connectivity index (χ4n) is 0.643. The predicted molar refractivity (Wildman–Crippen MR) is 47.1 cm³/mol. The van der Waals surface area contributed by atoms with Crippen LogP contribution in [-0.2, 0) is 9.56 Å². The van der Waals surface area contributed by atoms with Gasteiger partial charge in [-0.15, -0.1) is 0 Å². The van der Waals surface area contributed by atoms with E-state index >= 15 is 0 Å². The van der Waals surface area contributed by atoms with Crippen molar-refractivity contribution in [2.24, 2.45) is 0 Å². The minimum absolute atomic E-state index is 0.289. The Morgan fingerprint density at radius 3 is 2.64 bits per heavy atom. The zero-order valence-corrected chi connectivity index (χ0v) is 7.41. The molecule has 0 radical (unpaired) electrons. The monoisotopic (exact) mass is 170 g/mol. The van der Waals surface area contributed by atoms with Gasteiger partial charge in [0.25, 0.3) is 0 Å². The second-order valence-electron chi connectivity index (χ2n) is 1.96. The maximum Gasteiger partial charge on any atom is 0.0879 e. The lowest BCUT2D eigenvalue weighted by Crippen LogP contribution is -1.94. The molecule has 0 fully saturated rings. The summed E-state index contributed by atoms with van der Waals surface area (Å²) in [6, 6.07) is 9.97. The topological polar surface area (TPSA) is 18.5 Å². The van der Waals surface area contributed by atoms with Crippen molar-refractivity contribution in [2.45, 2.75) is 6.92 Å². The molecule has 1 unspecified atom stereocenters. The van der Waals surface area contributed by atoms with E-state index in [0.29, 0.717) is 6.61 Å². The summed E-state index contributed by atoms with van der Waals surface area (Å²) in [5.74, 6) is 0. The van der Waals surface area contributed by atoms with Crippen LogP contribution in [0.1, 0.15) is 6.92 Å². The van der Waals surface area contributed by atoms with E-state index in [1.54, 1.807) is 0 Å². The molecule has 1 atom stereocenters. The first kappa shape index (κ1) is 8.66. The standard InChI is InChI=1S/C8H11O2P/c1-2-9-10-11-8-6-4-3-5-7-8/h3-7,11H,2H2,1H3. The Bertz CT molecular complexity index is 189. The van der Waals surface area contributed by atoms with Crippen LogP contribution in [0.25, 0.3) is 0 Å². The van der Waals surface area contributed by atoms with Gasteiger partial charge in [0, 0.05) is 5.30 Å². The highest BCUT2D eigenvalue weighted by atomic mass is 31.1. The molecule has 0 aromatic heterocycles. The van der Waals surface area contributed by atoms with Crippen molar-refractivity contribution >= 4 is 14.1 Å². The van der Waals surface area contributed by atoms with Crippen molar-refractivity contribution in [3.63, 3.8) is 0 Å². The van der Waals surface area contributed by atoms with Crippen LogP contribution in [0.15, 0.2) is 30.3 Å². The lowest BCUT2D eigenvalue weighted by molar-refractivity contribution is -0.189. The Hall–Kier alpha value is -0.430. The third kappa shape index (κ3) is 3.47. The Morgan fingerprint density at radius 2 is 2.00 bits per heavy atom. The molecule has 0 heterocycles. The Morgan fingerprint density at radius 1 is 1.27 bits per heavy atom. The van der Waals surface area contributed by atoms with Gasteiger partial charge < -0.3 is 0 Å². The van der Waals surface area contributed by atoms with Gasteiger partial charge in [-0.3, -0.25) is 0 Å². The molecule has 0 saturated heterocycles. The van der Waals surface area contributed by atoms with Gasteiger partial charge in [0.2, 0.25) is 0 Å². The van der Waals surface area contributed by atoms with E-state index in [4.69, 9.17) is 9.56 Å². The number of benzene rings is 1. The lowest BCUT2D eigenvalue weighted by atomic mass is 10.4. The first-order valence-electron chi connectivity index (χ1n) is 3.53. The zero-order valence-electron chi connectivity index (χ0n) is 6.41. The second kappa shape index (κ2) is 5.25. The van der Waals surface area contributed by atoms with Crippen molar-refractivity contribution in [1.29, 1.82) is 0 Å². The molecule has 60 valence electrons. The van der Waals surface area contributed by atoms with Crippen molar-refractivity contribution in [3.05, 3.63) is 30.3 Å². The highest BCUT2D eigenvalue weighted by Crippen LogP contribution is 2.10. The second-order valence-corrected chi connectivity index (χ2v) is 2.91. The predicted octanol–water partition coefficient (Wildman–Crippen LogP) is 1.87. The molecular weight excluding hydrogens is 159 g/mol. The van der Waals surface area contributed by atoms with E-state index in [0.717, 1.165) is 5.30 Å². The fourth-order valence-corrected chi connectivity index (χ4v) is 1.24. The molecule has 0 spiro atoms. The van der Waals surface area contributed by atoms with Crippen LogP contribution in [0, 0.1) is 0 Å².